The fourth-order valence-corrected chi connectivity index (χ4v) is 2.30. The molecule has 0 aliphatic rings. The number of carbonyl (C=O) groups is 2. The smallest absolute Gasteiger partial charge is 0.251 e. The molecular formula is C20H23N3O3. The molecule has 0 saturated heterocycles. The van der Waals surface area contributed by atoms with Gasteiger partial charge in [0.2, 0.25) is 0 Å². The van der Waals surface area contributed by atoms with Gasteiger partial charge in [-0.3, -0.25) is 9.59 Å². The normalized spacial score (nSPS) is 11.9. The zero-order valence-corrected chi connectivity index (χ0v) is 15.4. The van der Waals surface area contributed by atoms with Crippen molar-refractivity contribution in [3.05, 3.63) is 47.2 Å². The van der Waals surface area contributed by atoms with Gasteiger partial charge in [0, 0.05) is 22.2 Å². The monoisotopic (exact) mass is 353 g/mol. The maximum atomic E-state index is 12.4. The molecule has 0 radical (unpaired) electrons. The third-order valence-electron chi connectivity index (χ3n) is 3.77. The number of aromatic hydroxyl groups is 1. The summed E-state index contributed by atoms with van der Waals surface area (Å²) in [6, 6.07) is 7.87. The predicted molar refractivity (Wildman–Crippen MR) is 104 cm³/mol. The molecule has 1 amide bonds. The molecule has 0 fully saturated rings. The van der Waals surface area contributed by atoms with Gasteiger partial charge in [0.15, 0.2) is 5.78 Å². The molecule has 3 N–H and O–H groups in total. The van der Waals surface area contributed by atoms with Gasteiger partial charge in [0.1, 0.15) is 11.6 Å². The number of phenolic OH excluding ortho intramolecular Hbond substituents is 1. The summed E-state index contributed by atoms with van der Waals surface area (Å²) in [4.78, 5) is 31.6. The van der Waals surface area contributed by atoms with Crippen molar-refractivity contribution in [1.82, 2.24) is 4.98 Å². The number of amides is 1. The Bertz CT molecular complexity index is 869. The summed E-state index contributed by atoms with van der Waals surface area (Å²) in [5, 5.41) is 12.0. The number of aliphatic imine (C=N–C) groups is 1. The van der Waals surface area contributed by atoms with Crippen LogP contribution in [0.5, 0.6) is 5.75 Å². The van der Waals surface area contributed by atoms with Crippen LogP contribution in [0, 0.1) is 5.41 Å². The minimum absolute atomic E-state index is 0.0479. The summed E-state index contributed by atoms with van der Waals surface area (Å²) < 4.78 is 0. The molecule has 0 aliphatic heterocycles. The van der Waals surface area contributed by atoms with Crippen molar-refractivity contribution in [3.63, 3.8) is 0 Å². The standard InChI is InChI=1S/C20H23N3O3/c1-12(19(26)22-14-6-8-15(24)9-7-14)10-13-11-16(23-18(13)21-5)17(25)20(2,3)4/h6-11,23-24H,5H2,1-4H3,(H,22,26)/b12-10+. The molecule has 1 aromatic carbocycles. The van der Waals surface area contributed by atoms with Crippen molar-refractivity contribution in [3.8, 4) is 5.75 Å². The molecule has 1 aromatic heterocycles. The molecule has 136 valence electrons. The van der Waals surface area contributed by atoms with Crippen LogP contribution in [0.2, 0.25) is 0 Å². The van der Waals surface area contributed by atoms with Crippen LogP contribution in [0.4, 0.5) is 11.5 Å². The van der Waals surface area contributed by atoms with Crippen LogP contribution in [0.15, 0.2) is 40.9 Å². The van der Waals surface area contributed by atoms with Crippen molar-refractivity contribution in [2.24, 2.45) is 10.4 Å². The van der Waals surface area contributed by atoms with Crippen LogP contribution in [-0.2, 0) is 4.79 Å². The van der Waals surface area contributed by atoms with Crippen LogP contribution in [0.25, 0.3) is 6.08 Å². The SMILES string of the molecule is C=Nc1[nH]c(C(=O)C(C)(C)C)cc1/C=C(\C)C(=O)Nc1ccc(O)cc1. The Kier molecular flexibility index (Phi) is 5.45. The maximum Gasteiger partial charge on any atom is 0.251 e. The topological polar surface area (TPSA) is 94.5 Å². The Labute approximate surface area is 152 Å². The van der Waals surface area contributed by atoms with Gasteiger partial charge in [0.05, 0.1) is 5.69 Å². The highest BCUT2D eigenvalue weighted by atomic mass is 16.3. The van der Waals surface area contributed by atoms with Crippen LogP contribution in [0.1, 0.15) is 43.7 Å². The van der Waals surface area contributed by atoms with E-state index in [-0.39, 0.29) is 17.4 Å². The fourth-order valence-electron chi connectivity index (χ4n) is 2.30. The molecule has 0 unspecified atom stereocenters. The van der Waals surface area contributed by atoms with Gasteiger partial charge in [0.25, 0.3) is 5.91 Å². The van der Waals surface area contributed by atoms with Crippen molar-refractivity contribution in [2.45, 2.75) is 27.7 Å². The number of hydrogen-bond acceptors (Lipinski definition) is 4. The van der Waals surface area contributed by atoms with Gasteiger partial charge in [-0.15, -0.1) is 0 Å². The Balaban J connectivity index is 2.25. The van der Waals surface area contributed by atoms with Gasteiger partial charge in [-0.2, -0.15) is 0 Å². The first-order valence-corrected chi connectivity index (χ1v) is 8.15. The van der Waals surface area contributed by atoms with Crippen molar-refractivity contribution in [1.29, 1.82) is 0 Å². The number of Topliss-reactive ketones (excluding diaryl/α,β-unsaturated/α-hetero) is 1. The molecule has 2 aromatic rings. The van der Waals surface area contributed by atoms with Crippen LogP contribution >= 0.6 is 0 Å². The van der Waals surface area contributed by atoms with E-state index >= 15 is 0 Å². The number of nitrogens with one attached hydrogen (secondary N) is 2. The lowest BCUT2D eigenvalue weighted by Crippen LogP contribution is -2.20. The third kappa shape index (κ3) is 4.47. The maximum absolute atomic E-state index is 12.4. The second-order valence-electron chi connectivity index (χ2n) is 7.05. The number of aromatic nitrogens is 1. The number of ketones is 1. The Hall–Kier alpha value is -3.15. The zero-order valence-electron chi connectivity index (χ0n) is 15.4. The van der Waals surface area contributed by atoms with Gasteiger partial charge in [-0.1, -0.05) is 20.8 Å². The minimum Gasteiger partial charge on any atom is -0.508 e. The first-order chi connectivity index (χ1) is 12.1. The minimum atomic E-state index is -0.532. The van der Waals surface area contributed by atoms with Crippen molar-refractivity contribution >= 4 is 36.0 Å². The van der Waals surface area contributed by atoms with Crippen molar-refractivity contribution in [2.75, 3.05) is 5.32 Å². The summed E-state index contributed by atoms with van der Waals surface area (Å²) in [6.07, 6.45) is 1.65. The molecule has 26 heavy (non-hydrogen) atoms. The second-order valence-corrected chi connectivity index (χ2v) is 7.05. The van der Waals surface area contributed by atoms with Gasteiger partial charge in [-0.25, -0.2) is 4.99 Å². The molecule has 0 spiro atoms. The van der Waals surface area contributed by atoms with E-state index in [2.05, 4.69) is 22.0 Å². The number of hydrogen-bond donors (Lipinski definition) is 3. The van der Waals surface area contributed by atoms with Gasteiger partial charge < -0.3 is 15.4 Å². The fraction of sp³-hybridized carbons (Fsp3) is 0.250. The summed E-state index contributed by atoms with van der Waals surface area (Å²) in [6.45, 7) is 10.7. The van der Waals surface area contributed by atoms with E-state index in [1.807, 2.05) is 20.8 Å². The van der Waals surface area contributed by atoms with Crippen LogP contribution < -0.4 is 5.32 Å². The zero-order chi connectivity index (χ0) is 19.5. The lowest BCUT2D eigenvalue weighted by atomic mass is 9.89. The second kappa shape index (κ2) is 7.39. The first kappa shape index (κ1) is 19.2. The molecule has 0 atom stereocenters. The highest BCUT2D eigenvalue weighted by molar-refractivity contribution is 6.07. The number of carbonyl (C=O) groups excluding carboxylic acids is 2. The van der Waals surface area contributed by atoms with Crippen molar-refractivity contribution < 1.29 is 14.7 Å². The van der Waals surface area contributed by atoms with E-state index in [0.29, 0.717) is 28.3 Å². The molecular weight excluding hydrogens is 330 g/mol. The molecule has 1 heterocycles. The average Bonchev–Trinajstić information content (AvgIpc) is 2.98. The molecule has 0 saturated carbocycles. The molecule has 0 bridgehead atoms. The lowest BCUT2D eigenvalue weighted by molar-refractivity contribution is -0.112. The van der Waals surface area contributed by atoms with E-state index in [0.717, 1.165) is 0 Å². The number of nitrogens with zero attached hydrogens (tertiary/aromatic N) is 1. The van der Waals surface area contributed by atoms with E-state index in [9.17, 15) is 14.7 Å². The van der Waals surface area contributed by atoms with Gasteiger partial charge >= 0.3 is 0 Å². The first-order valence-electron chi connectivity index (χ1n) is 8.15. The summed E-state index contributed by atoms with van der Waals surface area (Å²) in [5.41, 5.74) is 1.52. The number of H-pyrrole nitrogens is 1. The highest BCUT2D eigenvalue weighted by Crippen LogP contribution is 2.27. The number of phenols is 1. The van der Waals surface area contributed by atoms with E-state index in [1.54, 1.807) is 31.2 Å². The number of rotatable bonds is 5. The van der Waals surface area contributed by atoms with E-state index in [4.69, 9.17) is 0 Å². The third-order valence-corrected chi connectivity index (χ3v) is 3.77. The summed E-state index contributed by atoms with van der Waals surface area (Å²) >= 11 is 0. The summed E-state index contributed by atoms with van der Waals surface area (Å²) in [7, 11) is 0. The van der Waals surface area contributed by atoms with E-state index < -0.39 is 5.41 Å². The summed E-state index contributed by atoms with van der Waals surface area (Å²) in [5.74, 6) is 0.221. The van der Waals surface area contributed by atoms with Crippen LogP contribution in [0.3, 0.4) is 0 Å². The Morgan fingerprint density at radius 3 is 2.38 bits per heavy atom. The molecule has 6 nitrogen and oxygen atoms in total. The van der Waals surface area contributed by atoms with Gasteiger partial charge in [-0.05, 0) is 50.0 Å². The number of benzene rings is 1. The number of aromatic amines is 1. The predicted octanol–water partition coefficient (Wildman–Crippen LogP) is 4.32. The largest absolute Gasteiger partial charge is 0.508 e. The van der Waals surface area contributed by atoms with E-state index in [1.165, 1.54) is 12.1 Å². The van der Waals surface area contributed by atoms with Crippen LogP contribution in [-0.4, -0.2) is 28.5 Å². The molecule has 0 aliphatic carbocycles. The average molecular weight is 353 g/mol. The Morgan fingerprint density at radius 1 is 1.23 bits per heavy atom. The highest BCUT2D eigenvalue weighted by Gasteiger charge is 2.25. The quantitative estimate of drug-likeness (QED) is 0.323. The molecule has 2 rings (SSSR count). The Morgan fingerprint density at radius 2 is 1.85 bits per heavy atom. The lowest BCUT2D eigenvalue weighted by Gasteiger charge is -2.14. The number of anilines is 1. The molecule has 6 heteroatoms.